The number of nitrogens with zero attached hydrogens (tertiary/aromatic N) is 3. The van der Waals surface area contributed by atoms with Crippen LogP contribution in [0.4, 0.5) is 5.95 Å². The molecule has 0 fully saturated rings. The first-order chi connectivity index (χ1) is 5.25. The number of hydrogen-bond acceptors (Lipinski definition) is 4. The first kappa shape index (κ1) is 7.39. The summed E-state index contributed by atoms with van der Waals surface area (Å²) in [6, 6.07) is 0. The van der Waals surface area contributed by atoms with Crippen LogP contribution >= 0.6 is 0 Å². The minimum atomic E-state index is -0.635. The SMILES string of the molecule is O=CCn1ccnc1[N+](=O)[O-]. The fourth-order valence-electron chi connectivity index (χ4n) is 0.696. The Morgan fingerprint density at radius 2 is 2.55 bits per heavy atom. The quantitative estimate of drug-likeness (QED) is 0.349. The van der Waals surface area contributed by atoms with Gasteiger partial charge in [-0.1, -0.05) is 4.98 Å². The highest BCUT2D eigenvalue weighted by Gasteiger charge is 2.12. The van der Waals surface area contributed by atoms with Crippen molar-refractivity contribution in [2.75, 3.05) is 0 Å². The van der Waals surface area contributed by atoms with Crippen LogP contribution in [0.25, 0.3) is 0 Å². The second-order valence-corrected chi connectivity index (χ2v) is 1.80. The third-order valence-electron chi connectivity index (χ3n) is 1.13. The van der Waals surface area contributed by atoms with E-state index in [-0.39, 0.29) is 12.5 Å². The first-order valence-corrected chi connectivity index (χ1v) is 2.85. The Morgan fingerprint density at radius 1 is 1.82 bits per heavy atom. The summed E-state index contributed by atoms with van der Waals surface area (Å²) in [5.74, 6) is -0.308. The number of hydrogen-bond donors (Lipinski definition) is 0. The van der Waals surface area contributed by atoms with Crippen LogP contribution < -0.4 is 0 Å². The summed E-state index contributed by atoms with van der Waals surface area (Å²) >= 11 is 0. The Balaban J connectivity index is 2.95. The molecule has 0 N–H and O–H groups in total. The number of aromatic nitrogens is 2. The van der Waals surface area contributed by atoms with Crippen molar-refractivity contribution in [3.63, 3.8) is 0 Å². The van der Waals surface area contributed by atoms with Gasteiger partial charge in [0, 0.05) is 0 Å². The largest absolute Gasteiger partial charge is 0.434 e. The van der Waals surface area contributed by atoms with Crippen molar-refractivity contribution < 1.29 is 9.72 Å². The summed E-state index contributed by atoms with van der Waals surface area (Å²) < 4.78 is 1.16. The van der Waals surface area contributed by atoms with Crippen molar-refractivity contribution in [1.29, 1.82) is 0 Å². The standard InChI is InChI=1S/C5H5N3O3/c9-4-3-7-2-1-6-5(7)8(10)11/h1-2,4H,3H2. The van der Waals surface area contributed by atoms with E-state index < -0.39 is 4.92 Å². The van der Waals surface area contributed by atoms with Gasteiger partial charge in [-0.2, -0.15) is 0 Å². The highest BCUT2D eigenvalue weighted by atomic mass is 16.6. The molecule has 0 bridgehead atoms. The number of rotatable bonds is 3. The topological polar surface area (TPSA) is 78.0 Å². The van der Waals surface area contributed by atoms with Gasteiger partial charge in [-0.25, -0.2) is 4.57 Å². The lowest BCUT2D eigenvalue weighted by atomic mass is 10.7. The van der Waals surface area contributed by atoms with E-state index in [9.17, 15) is 14.9 Å². The molecule has 0 atom stereocenters. The van der Waals surface area contributed by atoms with Crippen LogP contribution in [0.3, 0.4) is 0 Å². The van der Waals surface area contributed by atoms with Crippen LogP contribution in [0.15, 0.2) is 12.4 Å². The van der Waals surface area contributed by atoms with Crippen LogP contribution in [0, 0.1) is 10.1 Å². The molecule has 0 aliphatic carbocycles. The van der Waals surface area contributed by atoms with Crippen molar-refractivity contribution >= 4 is 12.2 Å². The molecule has 0 aliphatic rings. The van der Waals surface area contributed by atoms with Gasteiger partial charge in [0.15, 0.2) is 6.29 Å². The summed E-state index contributed by atoms with van der Waals surface area (Å²) in [5.41, 5.74) is 0. The fourth-order valence-corrected chi connectivity index (χ4v) is 0.696. The van der Waals surface area contributed by atoms with E-state index in [4.69, 9.17) is 0 Å². The lowest BCUT2D eigenvalue weighted by Crippen LogP contribution is -2.03. The van der Waals surface area contributed by atoms with E-state index >= 15 is 0 Å². The maximum absolute atomic E-state index is 10.2. The predicted molar refractivity (Wildman–Crippen MR) is 34.9 cm³/mol. The summed E-state index contributed by atoms with van der Waals surface area (Å²) in [7, 11) is 0. The summed E-state index contributed by atoms with van der Waals surface area (Å²) in [6.45, 7) is -0.0314. The number of nitro groups is 1. The molecule has 1 aromatic rings. The third kappa shape index (κ3) is 1.40. The molecule has 58 valence electrons. The van der Waals surface area contributed by atoms with E-state index in [1.165, 1.54) is 12.4 Å². The molecular formula is C5H5N3O3. The zero-order valence-electron chi connectivity index (χ0n) is 5.51. The average Bonchev–Trinajstić information content (AvgIpc) is 2.36. The number of carbonyl (C=O) groups excluding carboxylic acids is 1. The number of aldehydes is 1. The average molecular weight is 155 g/mol. The highest BCUT2D eigenvalue weighted by Crippen LogP contribution is 2.05. The minimum Gasteiger partial charge on any atom is -0.390 e. The molecular weight excluding hydrogens is 150 g/mol. The Kier molecular flexibility index (Phi) is 1.95. The number of carbonyl (C=O) groups is 1. The molecule has 6 nitrogen and oxygen atoms in total. The van der Waals surface area contributed by atoms with Gasteiger partial charge in [0.1, 0.15) is 18.9 Å². The normalized spacial score (nSPS) is 9.45. The fraction of sp³-hybridized carbons (Fsp3) is 0.200. The van der Waals surface area contributed by atoms with Gasteiger partial charge in [-0.3, -0.25) is 4.79 Å². The maximum atomic E-state index is 10.2. The van der Waals surface area contributed by atoms with Gasteiger partial charge >= 0.3 is 5.95 Å². The molecule has 0 amide bonds. The van der Waals surface area contributed by atoms with Crippen molar-refractivity contribution in [2.45, 2.75) is 6.54 Å². The predicted octanol–water partition coefficient (Wildman–Crippen LogP) is -0.00980. The van der Waals surface area contributed by atoms with Crippen LogP contribution in [-0.4, -0.2) is 20.8 Å². The smallest absolute Gasteiger partial charge is 0.390 e. The van der Waals surface area contributed by atoms with Crippen LogP contribution in [0.1, 0.15) is 0 Å². The molecule has 0 aliphatic heterocycles. The Hall–Kier alpha value is -1.72. The van der Waals surface area contributed by atoms with Crippen molar-refractivity contribution in [3.05, 3.63) is 22.5 Å². The molecule has 11 heavy (non-hydrogen) atoms. The van der Waals surface area contributed by atoms with Gasteiger partial charge in [0.05, 0.1) is 0 Å². The second-order valence-electron chi connectivity index (χ2n) is 1.80. The van der Waals surface area contributed by atoms with E-state index in [1.54, 1.807) is 0 Å². The van der Waals surface area contributed by atoms with E-state index in [0.717, 1.165) is 4.57 Å². The van der Waals surface area contributed by atoms with Gasteiger partial charge < -0.3 is 10.1 Å². The van der Waals surface area contributed by atoms with Gasteiger partial charge in [0.25, 0.3) is 0 Å². The lowest BCUT2D eigenvalue weighted by Gasteiger charge is -1.94. The maximum Gasteiger partial charge on any atom is 0.434 e. The first-order valence-electron chi connectivity index (χ1n) is 2.85. The molecule has 0 saturated heterocycles. The Labute approximate surface area is 61.6 Å². The van der Waals surface area contributed by atoms with Gasteiger partial charge in [-0.15, -0.1) is 0 Å². The molecule has 0 saturated carbocycles. The molecule has 6 heteroatoms. The van der Waals surface area contributed by atoms with E-state index in [0.29, 0.717) is 6.29 Å². The van der Waals surface area contributed by atoms with E-state index in [2.05, 4.69) is 4.98 Å². The minimum absolute atomic E-state index is 0.0314. The molecule has 1 heterocycles. The van der Waals surface area contributed by atoms with Crippen LogP contribution in [0.5, 0.6) is 0 Å². The molecule has 0 spiro atoms. The zero-order valence-corrected chi connectivity index (χ0v) is 5.51. The second kappa shape index (κ2) is 2.91. The highest BCUT2D eigenvalue weighted by molar-refractivity contribution is 5.49. The van der Waals surface area contributed by atoms with Crippen molar-refractivity contribution in [2.24, 2.45) is 0 Å². The lowest BCUT2D eigenvalue weighted by molar-refractivity contribution is -0.396. The molecule has 0 unspecified atom stereocenters. The monoisotopic (exact) mass is 155 g/mol. The van der Waals surface area contributed by atoms with Crippen molar-refractivity contribution in [1.82, 2.24) is 9.55 Å². The molecule has 0 aromatic carbocycles. The van der Waals surface area contributed by atoms with Crippen molar-refractivity contribution in [3.8, 4) is 0 Å². The Bertz CT molecular complexity index is 280. The molecule has 1 aromatic heterocycles. The summed E-state index contributed by atoms with van der Waals surface area (Å²) in [5, 5.41) is 10.2. The summed E-state index contributed by atoms with van der Waals surface area (Å²) in [6.07, 6.45) is 3.24. The van der Waals surface area contributed by atoms with Crippen LogP contribution in [0.2, 0.25) is 0 Å². The van der Waals surface area contributed by atoms with Gasteiger partial charge in [-0.05, 0) is 4.92 Å². The third-order valence-corrected chi connectivity index (χ3v) is 1.13. The number of imidazole rings is 1. The molecule has 0 radical (unpaired) electrons. The van der Waals surface area contributed by atoms with Crippen LogP contribution in [-0.2, 0) is 11.3 Å². The van der Waals surface area contributed by atoms with E-state index in [1.807, 2.05) is 0 Å². The zero-order chi connectivity index (χ0) is 8.27. The Morgan fingerprint density at radius 3 is 3.09 bits per heavy atom. The van der Waals surface area contributed by atoms with Gasteiger partial charge in [0.2, 0.25) is 0 Å². The molecule has 1 rings (SSSR count). The summed E-state index contributed by atoms with van der Waals surface area (Å²) in [4.78, 5) is 22.9.